The molecule has 2 atom stereocenters. The maximum Gasteiger partial charge on any atom is 0.0170 e. The van der Waals surface area contributed by atoms with Crippen molar-refractivity contribution in [3.8, 4) is 0 Å². The summed E-state index contributed by atoms with van der Waals surface area (Å²) in [4.78, 5) is 0. The summed E-state index contributed by atoms with van der Waals surface area (Å²) in [5.74, 6) is 1.87. The molecule has 2 fully saturated rings. The molecule has 0 aromatic heterocycles. The van der Waals surface area contributed by atoms with Crippen LogP contribution < -0.4 is 0 Å². The minimum absolute atomic E-state index is 0.936. The lowest BCUT2D eigenvalue weighted by Gasteiger charge is -2.22. The van der Waals surface area contributed by atoms with Gasteiger partial charge in [-0.15, -0.1) is 0 Å². The van der Waals surface area contributed by atoms with Crippen molar-refractivity contribution in [1.29, 1.82) is 0 Å². The lowest BCUT2D eigenvalue weighted by molar-refractivity contribution is 0.299. The summed E-state index contributed by atoms with van der Waals surface area (Å²) in [6.07, 6.45) is 5.72. The highest BCUT2D eigenvalue weighted by Crippen LogP contribution is 2.36. The zero-order chi connectivity index (χ0) is 6.97. The smallest absolute Gasteiger partial charge is 0.0170 e. The summed E-state index contributed by atoms with van der Waals surface area (Å²) in [6.45, 7) is 2.29. The van der Waals surface area contributed by atoms with E-state index in [2.05, 4.69) is 0 Å². The van der Waals surface area contributed by atoms with Crippen molar-refractivity contribution in [2.75, 3.05) is 13.1 Å². The Kier molecular flexibility index (Phi) is 1.88. The van der Waals surface area contributed by atoms with E-state index >= 15 is 0 Å². The predicted molar refractivity (Wildman–Crippen MR) is 42.9 cm³/mol. The standard InChI is InChI=1S/C8H14ClN/c9-10-5-7-3-1-2-4-8(7)6-10/h7-8H,1-6H2/t7-,8?/m1/s1. The molecular formula is C8H14ClN. The van der Waals surface area contributed by atoms with Crippen LogP contribution in [0.2, 0.25) is 0 Å². The van der Waals surface area contributed by atoms with Gasteiger partial charge >= 0.3 is 0 Å². The molecule has 2 rings (SSSR count). The van der Waals surface area contributed by atoms with Gasteiger partial charge in [0.05, 0.1) is 0 Å². The van der Waals surface area contributed by atoms with Gasteiger partial charge in [0.1, 0.15) is 0 Å². The molecule has 1 saturated carbocycles. The number of fused-ring (bicyclic) bond motifs is 1. The van der Waals surface area contributed by atoms with Gasteiger partial charge in [0, 0.05) is 13.1 Å². The van der Waals surface area contributed by atoms with Crippen LogP contribution in [0.4, 0.5) is 0 Å². The quantitative estimate of drug-likeness (QED) is 0.491. The Balaban J connectivity index is 1.97. The topological polar surface area (TPSA) is 3.24 Å². The Labute approximate surface area is 67.5 Å². The van der Waals surface area contributed by atoms with Crippen molar-refractivity contribution >= 4 is 11.8 Å². The zero-order valence-corrected chi connectivity index (χ0v) is 6.98. The van der Waals surface area contributed by atoms with Crippen LogP contribution in [-0.2, 0) is 0 Å². The number of hydrogen-bond acceptors (Lipinski definition) is 1. The largest absolute Gasteiger partial charge is 0.220 e. The average molecular weight is 160 g/mol. The Hall–Kier alpha value is 0.250. The van der Waals surface area contributed by atoms with E-state index in [1.54, 1.807) is 0 Å². The third-order valence-corrected chi connectivity index (χ3v) is 3.21. The molecule has 1 unspecified atom stereocenters. The third kappa shape index (κ3) is 1.17. The van der Waals surface area contributed by atoms with Gasteiger partial charge in [-0.05, 0) is 36.5 Å². The first kappa shape index (κ1) is 6.93. The van der Waals surface area contributed by atoms with Crippen LogP contribution in [0.3, 0.4) is 0 Å². The van der Waals surface area contributed by atoms with Crippen LogP contribution in [0.1, 0.15) is 25.7 Å². The molecule has 0 amide bonds. The minimum atomic E-state index is 0.936. The van der Waals surface area contributed by atoms with Crippen LogP contribution in [0, 0.1) is 11.8 Å². The van der Waals surface area contributed by atoms with E-state index in [0.29, 0.717) is 0 Å². The molecule has 0 spiro atoms. The second-order valence-corrected chi connectivity index (χ2v) is 4.11. The summed E-state index contributed by atoms with van der Waals surface area (Å²) in [7, 11) is 0. The molecule has 0 N–H and O–H groups in total. The molecule has 1 nitrogen and oxygen atoms in total. The van der Waals surface area contributed by atoms with E-state index < -0.39 is 0 Å². The fraction of sp³-hybridized carbons (Fsp3) is 1.00. The van der Waals surface area contributed by atoms with E-state index in [1.807, 2.05) is 4.42 Å². The SMILES string of the molecule is ClN1CC2CCCC[C@@H]2C1. The van der Waals surface area contributed by atoms with Crippen molar-refractivity contribution in [3.05, 3.63) is 0 Å². The normalized spacial score (nSPS) is 41.7. The highest BCUT2D eigenvalue weighted by molar-refractivity contribution is 6.13. The summed E-state index contributed by atoms with van der Waals surface area (Å²) in [6, 6.07) is 0. The molecule has 1 aliphatic carbocycles. The fourth-order valence-electron chi connectivity index (χ4n) is 2.35. The maximum atomic E-state index is 5.92. The molecule has 1 saturated heterocycles. The molecule has 2 aliphatic rings. The van der Waals surface area contributed by atoms with E-state index in [0.717, 1.165) is 24.9 Å². The predicted octanol–water partition coefficient (Wildman–Crippen LogP) is 2.26. The second kappa shape index (κ2) is 2.71. The lowest BCUT2D eigenvalue weighted by Crippen LogP contribution is -2.16. The molecular weight excluding hydrogens is 146 g/mol. The summed E-state index contributed by atoms with van der Waals surface area (Å²) < 4.78 is 1.97. The molecule has 1 aliphatic heterocycles. The Bertz CT molecular complexity index is 112. The van der Waals surface area contributed by atoms with Crippen molar-refractivity contribution in [1.82, 2.24) is 4.42 Å². The summed E-state index contributed by atoms with van der Waals surface area (Å²) in [5, 5.41) is 0. The van der Waals surface area contributed by atoms with Crippen LogP contribution >= 0.6 is 11.8 Å². The molecule has 0 aromatic rings. The molecule has 0 bridgehead atoms. The summed E-state index contributed by atoms with van der Waals surface area (Å²) >= 11 is 5.92. The van der Waals surface area contributed by atoms with Gasteiger partial charge in [-0.25, -0.2) is 4.42 Å². The van der Waals surface area contributed by atoms with Crippen molar-refractivity contribution < 1.29 is 0 Å². The highest BCUT2D eigenvalue weighted by Gasteiger charge is 2.33. The first-order chi connectivity index (χ1) is 4.86. The number of rotatable bonds is 0. The lowest BCUT2D eigenvalue weighted by atomic mass is 9.82. The Morgan fingerprint density at radius 3 is 2.00 bits per heavy atom. The second-order valence-electron chi connectivity index (χ2n) is 3.63. The van der Waals surface area contributed by atoms with E-state index in [-0.39, 0.29) is 0 Å². The van der Waals surface area contributed by atoms with E-state index in [9.17, 15) is 0 Å². The Morgan fingerprint density at radius 1 is 1.00 bits per heavy atom. The Morgan fingerprint density at radius 2 is 1.50 bits per heavy atom. The monoisotopic (exact) mass is 159 g/mol. The third-order valence-electron chi connectivity index (χ3n) is 2.93. The molecule has 0 aromatic carbocycles. The molecule has 0 radical (unpaired) electrons. The highest BCUT2D eigenvalue weighted by atomic mass is 35.5. The van der Waals surface area contributed by atoms with Crippen LogP contribution in [0.15, 0.2) is 0 Å². The van der Waals surface area contributed by atoms with Gasteiger partial charge in [-0.3, -0.25) is 0 Å². The van der Waals surface area contributed by atoms with Crippen LogP contribution in [0.5, 0.6) is 0 Å². The molecule has 2 heteroatoms. The van der Waals surface area contributed by atoms with Gasteiger partial charge in [-0.1, -0.05) is 12.8 Å². The van der Waals surface area contributed by atoms with E-state index in [4.69, 9.17) is 11.8 Å². The van der Waals surface area contributed by atoms with Crippen molar-refractivity contribution in [2.24, 2.45) is 11.8 Å². The number of halogens is 1. The van der Waals surface area contributed by atoms with E-state index in [1.165, 1.54) is 25.7 Å². The molecule has 10 heavy (non-hydrogen) atoms. The molecule has 58 valence electrons. The first-order valence-corrected chi connectivity index (χ1v) is 4.61. The van der Waals surface area contributed by atoms with Gasteiger partial charge in [-0.2, -0.15) is 0 Å². The number of nitrogens with zero attached hydrogens (tertiary/aromatic N) is 1. The zero-order valence-electron chi connectivity index (χ0n) is 6.22. The van der Waals surface area contributed by atoms with Crippen molar-refractivity contribution in [3.63, 3.8) is 0 Å². The average Bonchev–Trinajstić information content (AvgIpc) is 2.27. The van der Waals surface area contributed by atoms with Crippen molar-refractivity contribution in [2.45, 2.75) is 25.7 Å². The van der Waals surface area contributed by atoms with Crippen LogP contribution in [-0.4, -0.2) is 17.5 Å². The van der Waals surface area contributed by atoms with Gasteiger partial charge in [0.15, 0.2) is 0 Å². The number of hydrogen-bond donors (Lipinski definition) is 0. The summed E-state index contributed by atoms with van der Waals surface area (Å²) in [5.41, 5.74) is 0. The fourth-order valence-corrected chi connectivity index (χ4v) is 2.70. The molecule has 1 heterocycles. The van der Waals surface area contributed by atoms with Gasteiger partial charge < -0.3 is 0 Å². The maximum absolute atomic E-state index is 5.92. The van der Waals surface area contributed by atoms with Gasteiger partial charge in [0.2, 0.25) is 0 Å². The van der Waals surface area contributed by atoms with Crippen LogP contribution in [0.25, 0.3) is 0 Å². The van der Waals surface area contributed by atoms with Gasteiger partial charge in [0.25, 0.3) is 0 Å². The first-order valence-electron chi connectivity index (χ1n) is 4.27. The minimum Gasteiger partial charge on any atom is -0.220 e.